The molecule has 0 unspecified atom stereocenters. The maximum Gasteiger partial charge on any atom is 0.331 e. The summed E-state index contributed by atoms with van der Waals surface area (Å²) in [6, 6.07) is 0. The van der Waals surface area contributed by atoms with Crippen LogP contribution in [0.15, 0.2) is 11.1 Å². The fourth-order valence-corrected chi connectivity index (χ4v) is 5.58. The highest BCUT2D eigenvalue weighted by molar-refractivity contribution is 5.89. The first kappa shape index (κ1) is 12.3. The van der Waals surface area contributed by atoms with Gasteiger partial charge in [-0.2, -0.15) is 0 Å². The number of hydrogen-bond donors (Lipinski definition) is 1. The zero-order valence-corrected chi connectivity index (χ0v) is 12.0. The highest BCUT2D eigenvalue weighted by atomic mass is 16.4. The van der Waals surface area contributed by atoms with Gasteiger partial charge in [-0.1, -0.05) is 33.3 Å². The minimum Gasteiger partial charge on any atom is -0.478 e. The van der Waals surface area contributed by atoms with Crippen LogP contribution in [0, 0.1) is 22.2 Å². The Morgan fingerprint density at radius 3 is 2.56 bits per heavy atom. The van der Waals surface area contributed by atoms with E-state index in [1.54, 1.807) is 0 Å². The van der Waals surface area contributed by atoms with Crippen molar-refractivity contribution in [1.82, 2.24) is 0 Å². The van der Waals surface area contributed by atoms with Crippen LogP contribution in [0.1, 0.15) is 59.8 Å². The van der Waals surface area contributed by atoms with Crippen LogP contribution < -0.4 is 0 Å². The number of allylic oxidation sites excluding steroid dienone is 1. The number of carboxylic acid groups (broad SMARTS) is 1. The topological polar surface area (TPSA) is 37.3 Å². The van der Waals surface area contributed by atoms with Gasteiger partial charge in [-0.3, -0.25) is 0 Å². The Hall–Kier alpha value is -0.790. The number of aliphatic carboxylic acids is 1. The molecule has 0 aromatic heterocycles. The molecule has 18 heavy (non-hydrogen) atoms. The van der Waals surface area contributed by atoms with Crippen molar-refractivity contribution in [2.24, 2.45) is 22.2 Å². The lowest BCUT2D eigenvalue weighted by Gasteiger charge is -2.55. The molecule has 3 aliphatic rings. The Balaban J connectivity index is 2.25. The molecule has 1 N–H and O–H groups in total. The van der Waals surface area contributed by atoms with E-state index in [9.17, 15) is 9.90 Å². The van der Waals surface area contributed by atoms with Crippen LogP contribution in [0.2, 0.25) is 0 Å². The zero-order chi connectivity index (χ0) is 13.3. The van der Waals surface area contributed by atoms with Crippen molar-refractivity contribution in [1.29, 1.82) is 0 Å². The molecule has 0 aromatic rings. The predicted octanol–water partition coefficient (Wildman–Crippen LogP) is 4.01. The normalized spacial score (nSPS) is 45.2. The Morgan fingerprint density at radius 2 is 1.94 bits per heavy atom. The highest BCUT2D eigenvalue weighted by Crippen LogP contribution is 2.77. The van der Waals surface area contributed by atoms with E-state index in [4.69, 9.17) is 0 Å². The molecular formula is C16H24O2. The average molecular weight is 248 g/mol. The molecule has 1 spiro atoms. The summed E-state index contributed by atoms with van der Waals surface area (Å²) in [6.45, 7) is 9.50. The average Bonchev–Trinajstić information content (AvgIpc) is 2.67. The lowest BCUT2D eigenvalue weighted by atomic mass is 9.48. The first-order valence-electron chi connectivity index (χ1n) is 7.22. The van der Waals surface area contributed by atoms with Crippen molar-refractivity contribution >= 4 is 5.97 Å². The number of carboxylic acids is 1. The number of carbonyl (C=O) groups is 1. The second-order valence-electron chi connectivity index (χ2n) is 7.54. The molecule has 0 radical (unpaired) electrons. The van der Waals surface area contributed by atoms with Crippen molar-refractivity contribution in [3.05, 3.63) is 11.1 Å². The summed E-state index contributed by atoms with van der Waals surface area (Å²) in [5.41, 5.74) is 2.78. The third-order valence-corrected chi connectivity index (χ3v) is 7.09. The quantitative estimate of drug-likeness (QED) is 0.761. The SMILES string of the molecule is C[C@@H]1CC[C@]2(C)CC3=C(C(=O)O)CC[C@@]31C2(C)C. The zero-order valence-electron chi connectivity index (χ0n) is 12.0. The van der Waals surface area contributed by atoms with E-state index in [1.807, 2.05) is 0 Å². The summed E-state index contributed by atoms with van der Waals surface area (Å²) in [5, 5.41) is 9.46. The molecule has 0 aromatic carbocycles. The van der Waals surface area contributed by atoms with Crippen LogP contribution in [-0.2, 0) is 4.79 Å². The molecule has 2 bridgehead atoms. The maximum atomic E-state index is 11.5. The van der Waals surface area contributed by atoms with Crippen LogP contribution in [0.3, 0.4) is 0 Å². The standard InChI is InChI=1S/C16H24O2/c1-10-5-7-15(4)9-12-11(13(17)18)6-8-16(10,12)14(15,2)3/h10H,5-9H2,1-4H3,(H,17,18)/t10-,15-,16+/m1/s1. The molecule has 3 atom stereocenters. The van der Waals surface area contributed by atoms with Gasteiger partial charge in [-0.15, -0.1) is 0 Å². The molecule has 3 aliphatic carbocycles. The number of fused-ring (bicyclic) bond motifs is 1. The van der Waals surface area contributed by atoms with Crippen LogP contribution in [0.4, 0.5) is 0 Å². The van der Waals surface area contributed by atoms with Crippen molar-refractivity contribution in [3.8, 4) is 0 Å². The molecule has 2 nitrogen and oxygen atoms in total. The van der Waals surface area contributed by atoms with Crippen molar-refractivity contribution in [3.63, 3.8) is 0 Å². The van der Waals surface area contributed by atoms with Crippen molar-refractivity contribution in [2.75, 3.05) is 0 Å². The lowest BCUT2D eigenvalue weighted by Crippen LogP contribution is -2.49. The maximum absolute atomic E-state index is 11.5. The summed E-state index contributed by atoms with van der Waals surface area (Å²) >= 11 is 0. The molecule has 100 valence electrons. The fraction of sp³-hybridized carbons (Fsp3) is 0.812. The Labute approximate surface area is 109 Å². The van der Waals surface area contributed by atoms with Gasteiger partial charge in [0, 0.05) is 11.0 Å². The molecule has 0 saturated heterocycles. The Bertz CT molecular complexity index is 460. The van der Waals surface area contributed by atoms with E-state index in [0.29, 0.717) is 11.3 Å². The summed E-state index contributed by atoms with van der Waals surface area (Å²) in [4.78, 5) is 11.5. The number of rotatable bonds is 1. The van der Waals surface area contributed by atoms with Gasteiger partial charge in [0.05, 0.1) is 0 Å². The van der Waals surface area contributed by atoms with E-state index in [2.05, 4.69) is 27.7 Å². The first-order valence-corrected chi connectivity index (χ1v) is 7.22. The third kappa shape index (κ3) is 1.05. The van der Waals surface area contributed by atoms with E-state index in [0.717, 1.165) is 24.8 Å². The largest absolute Gasteiger partial charge is 0.478 e. The Morgan fingerprint density at radius 1 is 1.28 bits per heavy atom. The van der Waals surface area contributed by atoms with Gasteiger partial charge in [-0.05, 0) is 48.9 Å². The van der Waals surface area contributed by atoms with Crippen LogP contribution in [0.5, 0.6) is 0 Å². The van der Waals surface area contributed by atoms with Gasteiger partial charge in [-0.25, -0.2) is 4.79 Å². The molecule has 2 saturated carbocycles. The van der Waals surface area contributed by atoms with Crippen molar-refractivity contribution < 1.29 is 9.90 Å². The summed E-state index contributed by atoms with van der Waals surface area (Å²) in [5.74, 6) is -0.0315. The molecular weight excluding hydrogens is 224 g/mol. The minimum absolute atomic E-state index is 0.174. The van der Waals surface area contributed by atoms with Gasteiger partial charge in [0.25, 0.3) is 0 Å². The Kier molecular flexibility index (Phi) is 2.18. The van der Waals surface area contributed by atoms with E-state index >= 15 is 0 Å². The van der Waals surface area contributed by atoms with Gasteiger partial charge in [0.1, 0.15) is 0 Å². The van der Waals surface area contributed by atoms with Gasteiger partial charge >= 0.3 is 5.97 Å². The fourth-order valence-electron chi connectivity index (χ4n) is 5.58. The predicted molar refractivity (Wildman–Crippen MR) is 71.2 cm³/mol. The summed E-state index contributed by atoms with van der Waals surface area (Å²) in [6.07, 6.45) is 5.38. The summed E-state index contributed by atoms with van der Waals surface area (Å²) < 4.78 is 0. The van der Waals surface area contributed by atoms with E-state index in [-0.39, 0.29) is 10.8 Å². The van der Waals surface area contributed by atoms with Gasteiger partial charge in [0.15, 0.2) is 0 Å². The second kappa shape index (κ2) is 3.20. The monoisotopic (exact) mass is 248 g/mol. The molecule has 3 rings (SSSR count). The second-order valence-corrected chi connectivity index (χ2v) is 7.54. The van der Waals surface area contributed by atoms with E-state index in [1.165, 1.54) is 18.4 Å². The summed E-state index contributed by atoms with van der Waals surface area (Å²) in [7, 11) is 0. The van der Waals surface area contributed by atoms with E-state index < -0.39 is 5.97 Å². The van der Waals surface area contributed by atoms with Gasteiger partial charge < -0.3 is 5.11 Å². The molecule has 2 heteroatoms. The lowest BCUT2D eigenvalue weighted by molar-refractivity contribution is -0.132. The van der Waals surface area contributed by atoms with Crippen LogP contribution in [0.25, 0.3) is 0 Å². The van der Waals surface area contributed by atoms with Crippen LogP contribution in [-0.4, -0.2) is 11.1 Å². The smallest absolute Gasteiger partial charge is 0.331 e. The molecule has 0 amide bonds. The first-order chi connectivity index (χ1) is 8.26. The molecule has 0 aliphatic heterocycles. The van der Waals surface area contributed by atoms with Crippen molar-refractivity contribution in [2.45, 2.75) is 59.8 Å². The third-order valence-electron chi connectivity index (χ3n) is 7.09. The van der Waals surface area contributed by atoms with Gasteiger partial charge in [0.2, 0.25) is 0 Å². The molecule has 2 fully saturated rings. The highest BCUT2D eigenvalue weighted by Gasteiger charge is 2.68. The minimum atomic E-state index is -0.666. The number of hydrogen-bond acceptors (Lipinski definition) is 1. The molecule has 0 heterocycles. The van der Waals surface area contributed by atoms with Crippen LogP contribution >= 0.6 is 0 Å².